The van der Waals surface area contributed by atoms with Crippen molar-refractivity contribution in [3.63, 3.8) is 0 Å². The molecule has 4 N–H and O–H groups in total. The summed E-state index contributed by atoms with van der Waals surface area (Å²) in [5, 5.41) is 3.32. The van der Waals surface area contributed by atoms with E-state index in [1.807, 2.05) is 20.8 Å². The number of hydrogen-bond acceptors (Lipinski definition) is 6. The second-order valence-corrected chi connectivity index (χ2v) is 5.33. The molecular formula is C13H25N5O. The van der Waals surface area contributed by atoms with Crippen molar-refractivity contribution in [1.29, 1.82) is 0 Å². The van der Waals surface area contributed by atoms with Gasteiger partial charge in [-0.15, -0.1) is 0 Å². The highest BCUT2D eigenvalue weighted by Crippen LogP contribution is 2.28. The smallest absolute Gasteiger partial charge is 0.148 e. The Balaban J connectivity index is 2.89. The molecule has 1 heterocycles. The van der Waals surface area contributed by atoms with Gasteiger partial charge >= 0.3 is 0 Å². The quantitative estimate of drug-likeness (QED) is 0.518. The standard InChI is InChI=1S/C13H25N5O/c1-6-19-13(4,5)7-15-11-10(9(2)3)12(18-14)17-8-16-11/h8-9H,6-7,14H2,1-5H3,(H2,15,16,17,18). The third-order valence-corrected chi connectivity index (χ3v) is 2.81. The first-order valence-electron chi connectivity index (χ1n) is 6.60. The van der Waals surface area contributed by atoms with Crippen LogP contribution in [0, 0.1) is 0 Å². The predicted octanol–water partition coefficient (Wildman–Crippen LogP) is 2.11. The maximum atomic E-state index is 5.66. The lowest BCUT2D eigenvalue weighted by Gasteiger charge is -2.26. The van der Waals surface area contributed by atoms with Crippen LogP contribution in [0.3, 0.4) is 0 Å². The second-order valence-electron chi connectivity index (χ2n) is 5.33. The summed E-state index contributed by atoms with van der Waals surface area (Å²) in [6.07, 6.45) is 1.50. The van der Waals surface area contributed by atoms with Crippen molar-refractivity contribution in [3.8, 4) is 0 Å². The van der Waals surface area contributed by atoms with E-state index in [1.165, 1.54) is 6.33 Å². The molecule has 0 aromatic carbocycles. The highest BCUT2D eigenvalue weighted by molar-refractivity contribution is 5.58. The average Bonchev–Trinajstić information content (AvgIpc) is 2.35. The molecule has 19 heavy (non-hydrogen) atoms. The summed E-state index contributed by atoms with van der Waals surface area (Å²) >= 11 is 0. The van der Waals surface area contributed by atoms with Crippen LogP contribution in [0.4, 0.5) is 11.6 Å². The topological polar surface area (TPSA) is 85.1 Å². The van der Waals surface area contributed by atoms with Crippen molar-refractivity contribution in [3.05, 3.63) is 11.9 Å². The predicted molar refractivity (Wildman–Crippen MR) is 78.1 cm³/mol. The molecule has 0 unspecified atom stereocenters. The highest BCUT2D eigenvalue weighted by Gasteiger charge is 2.20. The molecule has 0 aliphatic rings. The Kier molecular flexibility index (Phi) is 5.50. The van der Waals surface area contributed by atoms with E-state index in [4.69, 9.17) is 10.6 Å². The van der Waals surface area contributed by atoms with Gasteiger partial charge in [0.25, 0.3) is 0 Å². The third kappa shape index (κ3) is 4.33. The minimum Gasteiger partial charge on any atom is -0.374 e. The first-order chi connectivity index (χ1) is 8.91. The highest BCUT2D eigenvalue weighted by atomic mass is 16.5. The molecular weight excluding hydrogens is 242 g/mol. The number of nitrogens with two attached hydrogens (primary N) is 1. The van der Waals surface area contributed by atoms with Crippen molar-refractivity contribution in [2.24, 2.45) is 5.84 Å². The Hall–Kier alpha value is -1.40. The molecule has 0 saturated carbocycles. The average molecular weight is 267 g/mol. The van der Waals surface area contributed by atoms with Gasteiger partial charge in [-0.3, -0.25) is 0 Å². The molecule has 1 aromatic rings. The SMILES string of the molecule is CCOC(C)(C)CNc1ncnc(NN)c1C(C)C. The number of hydrazine groups is 1. The van der Waals surface area contributed by atoms with Gasteiger partial charge in [-0.05, 0) is 26.7 Å². The van der Waals surface area contributed by atoms with E-state index in [2.05, 4.69) is 34.6 Å². The summed E-state index contributed by atoms with van der Waals surface area (Å²) in [6.45, 7) is 11.6. The van der Waals surface area contributed by atoms with Crippen molar-refractivity contribution in [2.75, 3.05) is 23.9 Å². The van der Waals surface area contributed by atoms with Crippen molar-refractivity contribution >= 4 is 11.6 Å². The van der Waals surface area contributed by atoms with Gasteiger partial charge in [-0.1, -0.05) is 13.8 Å². The van der Waals surface area contributed by atoms with Crippen molar-refractivity contribution in [1.82, 2.24) is 9.97 Å². The van der Waals surface area contributed by atoms with E-state index in [0.29, 0.717) is 19.0 Å². The Bertz CT molecular complexity index is 406. The van der Waals surface area contributed by atoms with Gasteiger partial charge < -0.3 is 15.5 Å². The van der Waals surface area contributed by atoms with Gasteiger partial charge in [0.2, 0.25) is 0 Å². The van der Waals surface area contributed by atoms with Crippen LogP contribution in [-0.2, 0) is 4.74 Å². The molecule has 108 valence electrons. The first-order valence-corrected chi connectivity index (χ1v) is 6.60. The van der Waals surface area contributed by atoms with Crippen LogP contribution in [0.1, 0.15) is 46.1 Å². The number of rotatable bonds is 7. The summed E-state index contributed by atoms with van der Waals surface area (Å²) in [6, 6.07) is 0. The van der Waals surface area contributed by atoms with Gasteiger partial charge in [-0.2, -0.15) is 0 Å². The lowest BCUT2D eigenvalue weighted by Crippen LogP contribution is -2.34. The van der Waals surface area contributed by atoms with Crippen LogP contribution in [0.15, 0.2) is 6.33 Å². The molecule has 0 bridgehead atoms. The first kappa shape index (κ1) is 15.7. The summed E-state index contributed by atoms with van der Waals surface area (Å²) in [4.78, 5) is 8.44. The minimum atomic E-state index is -0.246. The van der Waals surface area contributed by atoms with E-state index < -0.39 is 0 Å². The summed E-state index contributed by atoms with van der Waals surface area (Å²) in [5.74, 6) is 7.21. The molecule has 0 atom stereocenters. The zero-order valence-electron chi connectivity index (χ0n) is 12.4. The zero-order valence-corrected chi connectivity index (χ0v) is 12.4. The van der Waals surface area contributed by atoms with E-state index in [-0.39, 0.29) is 11.5 Å². The number of nitrogens with zero attached hydrogens (tertiary/aromatic N) is 2. The lowest BCUT2D eigenvalue weighted by molar-refractivity contribution is 0.000627. The molecule has 0 amide bonds. The van der Waals surface area contributed by atoms with Crippen LogP contribution < -0.4 is 16.6 Å². The molecule has 6 heteroatoms. The maximum Gasteiger partial charge on any atom is 0.148 e. The fourth-order valence-electron chi connectivity index (χ4n) is 1.94. The van der Waals surface area contributed by atoms with Crippen LogP contribution in [-0.4, -0.2) is 28.7 Å². The lowest BCUT2D eigenvalue weighted by atomic mass is 10.0. The number of anilines is 2. The minimum absolute atomic E-state index is 0.246. The van der Waals surface area contributed by atoms with Gasteiger partial charge in [0.15, 0.2) is 0 Å². The molecule has 0 radical (unpaired) electrons. The molecule has 0 aliphatic heterocycles. The molecule has 0 aliphatic carbocycles. The molecule has 1 rings (SSSR count). The zero-order chi connectivity index (χ0) is 14.5. The third-order valence-electron chi connectivity index (χ3n) is 2.81. The Morgan fingerprint density at radius 3 is 2.47 bits per heavy atom. The summed E-state index contributed by atoms with van der Waals surface area (Å²) in [5.41, 5.74) is 3.36. The maximum absolute atomic E-state index is 5.66. The van der Waals surface area contributed by atoms with E-state index >= 15 is 0 Å². The number of ether oxygens (including phenoxy) is 1. The largest absolute Gasteiger partial charge is 0.374 e. The number of hydrogen-bond donors (Lipinski definition) is 3. The number of nitrogen functional groups attached to an aromatic ring is 1. The van der Waals surface area contributed by atoms with Crippen LogP contribution >= 0.6 is 0 Å². The van der Waals surface area contributed by atoms with Gasteiger partial charge in [0.1, 0.15) is 18.0 Å². The summed E-state index contributed by atoms with van der Waals surface area (Å²) < 4.78 is 5.66. The van der Waals surface area contributed by atoms with Gasteiger partial charge in [0, 0.05) is 18.7 Å². The Morgan fingerprint density at radius 2 is 1.95 bits per heavy atom. The van der Waals surface area contributed by atoms with Gasteiger partial charge in [-0.25, -0.2) is 15.8 Å². The molecule has 0 fully saturated rings. The van der Waals surface area contributed by atoms with E-state index in [1.54, 1.807) is 0 Å². The molecule has 0 spiro atoms. The number of nitrogens with one attached hydrogen (secondary N) is 2. The monoisotopic (exact) mass is 267 g/mol. The molecule has 6 nitrogen and oxygen atoms in total. The normalized spacial score (nSPS) is 11.7. The summed E-state index contributed by atoms with van der Waals surface area (Å²) in [7, 11) is 0. The molecule has 1 aromatic heterocycles. The Morgan fingerprint density at radius 1 is 1.32 bits per heavy atom. The molecule has 0 saturated heterocycles. The van der Waals surface area contributed by atoms with Crippen LogP contribution in [0.2, 0.25) is 0 Å². The fourth-order valence-corrected chi connectivity index (χ4v) is 1.94. The van der Waals surface area contributed by atoms with E-state index in [9.17, 15) is 0 Å². The number of aromatic nitrogens is 2. The van der Waals surface area contributed by atoms with Crippen LogP contribution in [0.25, 0.3) is 0 Å². The second kappa shape index (κ2) is 6.68. The van der Waals surface area contributed by atoms with Gasteiger partial charge in [0.05, 0.1) is 5.60 Å². The Labute approximate surface area is 115 Å². The van der Waals surface area contributed by atoms with Crippen LogP contribution in [0.5, 0.6) is 0 Å². The fraction of sp³-hybridized carbons (Fsp3) is 0.692. The van der Waals surface area contributed by atoms with E-state index in [0.717, 1.165) is 11.4 Å². The van der Waals surface area contributed by atoms with Crippen molar-refractivity contribution < 1.29 is 4.74 Å². The van der Waals surface area contributed by atoms with Crippen molar-refractivity contribution in [2.45, 2.75) is 46.1 Å².